The number of benzene rings is 2. The highest BCUT2D eigenvalue weighted by Gasteiger charge is 2.55. The fourth-order valence-electron chi connectivity index (χ4n) is 6.09. The molecule has 0 bridgehead atoms. The van der Waals surface area contributed by atoms with Gasteiger partial charge in [-0.1, -0.05) is 31.5 Å². The topological polar surface area (TPSA) is 57.2 Å². The maximum atomic E-state index is 14.2. The molecule has 2 heterocycles. The van der Waals surface area contributed by atoms with Crippen molar-refractivity contribution < 1.29 is 13.9 Å². The average Bonchev–Trinajstić information content (AvgIpc) is 3.51. The van der Waals surface area contributed by atoms with Crippen LogP contribution >= 0.6 is 0 Å². The zero-order valence-electron chi connectivity index (χ0n) is 22.4. The van der Waals surface area contributed by atoms with Crippen molar-refractivity contribution in [3.8, 4) is 5.75 Å². The Morgan fingerprint density at radius 1 is 1.22 bits per heavy atom. The molecule has 2 saturated heterocycles. The van der Waals surface area contributed by atoms with Crippen molar-refractivity contribution in [3.05, 3.63) is 59.9 Å². The molecule has 4 atom stereocenters. The summed E-state index contributed by atoms with van der Waals surface area (Å²) in [5.41, 5.74) is 1.20. The van der Waals surface area contributed by atoms with E-state index in [1.807, 2.05) is 32.0 Å². The molecule has 198 valence electrons. The van der Waals surface area contributed by atoms with Crippen molar-refractivity contribution in [1.29, 1.82) is 0 Å². The Morgan fingerprint density at radius 3 is 2.76 bits per heavy atom. The van der Waals surface area contributed by atoms with Crippen LogP contribution in [0.3, 0.4) is 0 Å². The van der Waals surface area contributed by atoms with Gasteiger partial charge in [-0.3, -0.25) is 20.1 Å². The summed E-state index contributed by atoms with van der Waals surface area (Å²) in [7, 11) is 0. The number of hydrogen-bond donors (Lipinski definition) is 1. The highest BCUT2D eigenvalue weighted by molar-refractivity contribution is 6.19. The fourth-order valence-corrected chi connectivity index (χ4v) is 6.09. The van der Waals surface area contributed by atoms with E-state index in [-0.39, 0.29) is 30.0 Å². The molecule has 3 fully saturated rings. The number of amides is 2. The summed E-state index contributed by atoms with van der Waals surface area (Å²) in [6.07, 6.45) is 4.99. The van der Waals surface area contributed by atoms with Crippen LogP contribution in [0.1, 0.15) is 65.4 Å². The number of rotatable bonds is 8. The number of hydrogen-bond acceptors (Lipinski definition) is 4. The zero-order valence-corrected chi connectivity index (χ0v) is 22.4. The normalized spacial score (nSPS) is 28.8. The molecule has 1 saturated carbocycles. The molecule has 5 rings (SSSR count). The van der Waals surface area contributed by atoms with E-state index in [0.29, 0.717) is 11.6 Å². The fraction of sp³-hybridized carbons (Fsp3) is 0.533. The monoisotopic (exact) mass is 506 g/mol. The van der Waals surface area contributed by atoms with Crippen LogP contribution in [-0.2, 0) is 6.54 Å². The highest BCUT2D eigenvalue weighted by atomic mass is 19.1. The highest BCUT2D eigenvalue weighted by Crippen LogP contribution is 2.43. The van der Waals surface area contributed by atoms with Crippen LogP contribution in [0.4, 0.5) is 14.9 Å². The van der Waals surface area contributed by atoms with E-state index >= 15 is 0 Å². The number of nitrogens with one attached hydrogen (secondary N) is 1. The number of ether oxygens (including phenoxy) is 1. The van der Waals surface area contributed by atoms with E-state index in [0.717, 1.165) is 50.4 Å². The summed E-state index contributed by atoms with van der Waals surface area (Å²) in [5, 5.41) is 3.11. The van der Waals surface area contributed by atoms with E-state index in [2.05, 4.69) is 36.2 Å². The van der Waals surface area contributed by atoms with Gasteiger partial charge in [0, 0.05) is 24.8 Å². The molecule has 0 aromatic heterocycles. The lowest BCUT2D eigenvalue weighted by Crippen LogP contribution is -2.59. The van der Waals surface area contributed by atoms with Gasteiger partial charge >= 0.3 is 6.03 Å². The summed E-state index contributed by atoms with van der Waals surface area (Å²) in [5.74, 6) is 1.92. The number of piperidine rings is 1. The summed E-state index contributed by atoms with van der Waals surface area (Å²) in [4.78, 5) is 22.7. The summed E-state index contributed by atoms with van der Waals surface area (Å²) in [6, 6.07) is 14.9. The van der Waals surface area contributed by atoms with Gasteiger partial charge in [0.05, 0.1) is 12.1 Å². The summed E-state index contributed by atoms with van der Waals surface area (Å²) >= 11 is 0. The van der Waals surface area contributed by atoms with Crippen molar-refractivity contribution >= 4 is 17.6 Å². The molecule has 1 spiro atoms. The van der Waals surface area contributed by atoms with Crippen LogP contribution in [0.5, 0.6) is 5.75 Å². The first-order chi connectivity index (χ1) is 17.8. The molecule has 1 aliphatic carbocycles. The lowest BCUT2D eigenvalue weighted by atomic mass is 9.81. The molecule has 3 aliphatic rings. The zero-order chi connectivity index (χ0) is 26.2. The summed E-state index contributed by atoms with van der Waals surface area (Å²) < 4.78 is 20.1. The maximum Gasteiger partial charge on any atom is 0.328 e. The third-order valence-electron chi connectivity index (χ3n) is 7.93. The van der Waals surface area contributed by atoms with Crippen molar-refractivity contribution in [3.63, 3.8) is 0 Å². The lowest BCUT2D eigenvalue weighted by molar-refractivity contribution is 0.123. The lowest BCUT2D eigenvalue weighted by Gasteiger charge is -2.47. The molecular formula is C30H39FN4O2. The molecule has 7 heteroatoms. The van der Waals surface area contributed by atoms with E-state index in [4.69, 9.17) is 9.73 Å². The Labute approximate surface area is 219 Å². The largest absolute Gasteiger partial charge is 0.491 e. The van der Waals surface area contributed by atoms with Crippen LogP contribution < -0.4 is 15.0 Å². The molecule has 37 heavy (non-hydrogen) atoms. The van der Waals surface area contributed by atoms with Gasteiger partial charge in [-0.05, 0) is 88.3 Å². The predicted octanol–water partition coefficient (Wildman–Crippen LogP) is 6.15. The minimum absolute atomic E-state index is 0.131. The molecule has 2 aliphatic heterocycles. The molecule has 1 N–H and O–H groups in total. The number of halogens is 1. The van der Waals surface area contributed by atoms with E-state index < -0.39 is 5.54 Å². The molecular weight excluding hydrogens is 467 g/mol. The average molecular weight is 507 g/mol. The number of aliphatic imine (C=N–C) groups is 1. The molecule has 2 aromatic rings. The van der Waals surface area contributed by atoms with Crippen LogP contribution in [0.25, 0.3) is 0 Å². The van der Waals surface area contributed by atoms with Crippen LogP contribution in [0.15, 0.2) is 53.5 Å². The Bertz CT molecular complexity index is 1170. The van der Waals surface area contributed by atoms with Crippen LogP contribution in [0.2, 0.25) is 0 Å². The van der Waals surface area contributed by atoms with Gasteiger partial charge in [-0.15, -0.1) is 0 Å². The van der Waals surface area contributed by atoms with Crippen LogP contribution in [0, 0.1) is 11.7 Å². The van der Waals surface area contributed by atoms with Gasteiger partial charge in [0.2, 0.25) is 0 Å². The molecule has 3 unspecified atom stereocenters. The third-order valence-corrected chi connectivity index (χ3v) is 7.93. The number of carbonyl (C=O) groups is 1. The number of nitrogens with zero attached hydrogens (tertiary/aromatic N) is 3. The van der Waals surface area contributed by atoms with Gasteiger partial charge in [-0.2, -0.15) is 0 Å². The maximum absolute atomic E-state index is 14.2. The second-order valence-corrected chi connectivity index (χ2v) is 11.2. The molecule has 2 aromatic carbocycles. The molecule has 6 nitrogen and oxygen atoms in total. The molecule has 2 amide bonds. The van der Waals surface area contributed by atoms with Gasteiger partial charge < -0.3 is 4.74 Å². The quantitative estimate of drug-likeness (QED) is 0.467. The minimum Gasteiger partial charge on any atom is -0.491 e. The Balaban J connectivity index is 1.41. The third kappa shape index (κ3) is 5.37. The number of amidine groups is 1. The first-order valence-electron chi connectivity index (χ1n) is 13.7. The van der Waals surface area contributed by atoms with Gasteiger partial charge in [-0.25, -0.2) is 9.18 Å². The minimum atomic E-state index is -0.594. The second kappa shape index (κ2) is 10.4. The molecule has 0 radical (unpaired) electrons. The Kier molecular flexibility index (Phi) is 7.26. The second-order valence-electron chi connectivity index (χ2n) is 11.2. The first-order valence-corrected chi connectivity index (χ1v) is 13.7. The van der Waals surface area contributed by atoms with Gasteiger partial charge in [0.15, 0.2) is 0 Å². The Morgan fingerprint density at radius 2 is 2.03 bits per heavy atom. The first kappa shape index (κ1) is 25.7. The smallest absolute Gasteiger partial charge is 0.328 e. The van der Waals surface area contributed by atoms with Crippen molar-refractivity contribution in [2.75, 3.05) is 11.4 Å². The van der Waals surface area contributed by atoms with Gasteiger partial charge in [0.25, 0.3) is 0 Å². The van der Waals surface area contributed by atoms with Crippen molar-refractivity contribution in [1.82, 2.24) is 10.2 Å². The Hall–Kier alpha value is -2.93. The van der Waals surface area contributed by atoms with E-state index in [9.17, 15) is 9.18 Å². The number of carbonyl (C=O) groups excluding carboxylic acids is 1. The SMILES string of the molecule is CCCC1CC1N=C1NC(=O)N(c2cccc(F)c2)C12CCN(Cc1cccc(OC(C)C)c1)[C@@H](C)C2. The number of likely N-dealkylation sites (tertiary alicyclic amines) is 1. The number of anilines is 1. The van der Waals surface area contributed by atoms with Crippen LogP contribution in [-0.4, -0.2) is 47.0 Å². The van der Waals surface area contributed by atoms with Crippen molar-refractivity contribution in [2.24, 2.45) is 10.9 Å². The summed E-state index contributed by atoms with van der Waals surface area (Å²) in [6.45, 7) is 10.1. The van der Waals surface area contributed by atoms with Gasteiger partial charge in [0.1, 0.15) is 22.9 Å². The van der Waals surface area contributed by atoms with E-state index in [1.54, 1.807) is 11.0 Å². The standard InChI is InChI=1S/C30H39FN4O2/c1-5-8-23-16-27(23)32-28-30(35(29(36)33-28)25-11-7-10-24(31)17-25)13-14-34(21(4)18-30)19-22-9-6-12-26(15-22)37-20(2)3/h6-7,9-12,15,17,20-21,23,27H,5,8,13-14,16,18-19H2,1-4H3,(H,32,33,36)/t21-,23?,27?,30?/m0/s1. The van der Waals surface area contributed by atoms with E-state index in [1.165, 1.54) is 24.1 Å². The van der Waals surface area contributed by atoms with Crippen molar-refractivity contribution in [2.45, 2.75) is 90.1 Å². The number of urea groups is 1. The predicted molar refractivity (Wildman–Crippen MR) is 146 cm³/mol.